The van der Waals surface area contributed by atoms with E-state index in [4.69, 9.17) is 9.47 Å². The molecular weight excluding hydrogens is 430 g/mol. The summed E-state index contributed by atoms with van der Waals surface area (Å²) in [6.45, 7) is 3.90. The van der Waals surface area contributed by atoms with Crippen molar-refractivity contribution in [2.75, 3.05) is 19.1 Å². The first-order chi connectivity index (χ1) is 16.4. The zero-order valence-corrected chi connectivity index (χ0v) is 19.7. The lowest BCUT2D eigenvalue weighted by atomic mass is 9.94. The predicted octanol–water partition coefficient (Wildman–Crippen LogP) is 5.20. The zero-order valence-electron chi connectivity index (χ0n) is 19.7. The molecule has 6 heteroatoms. The largest absolute Gasteiger partial charge is 0.507 e. The molecular formula is C28H27NO5. The van der Waals surface area contributed by atoms with Gasteiger partial charge in [-0.15, -0.1) is 0 Å². The second-order valence-electron chi connectivity index (χ2n) is 8.12. The van der Waals surface area contributed by atoms with Crippen molar-refractivity contribution >= 4 is 23.1 Å². The van der Waals surface area contributed by atoms with Crippen LogP contribution in [0, 0.1) is 6.92 Å². The van der Waals surface area contributed by atoms with Gasteiger partial charge in [-0.2, -0.15) is 0 Å². The molecule has 1 aliphatic rings. The molecule has 1 atom stereocenters. The van der Waals surface area contributed by atoms with Gasteiger partial charge in [-0.05, 0) is 60.9 Å². The van der Waals surface area contributed by atoms with Crippen LogP contribution in [-0.2, 0) is 16.0 Å². The Balaban J connectivity index is 1.95. The topological polar surface area (TPSA) is 76.1 Å². The summed E-state index contributed by atoms with van der Waals surface area (Å²) in [7, 11) is 3.10. The number of hydrogen-bond donors (Lipinski definition) is 1. The van der Waals surface area contributed by atoms with Crippen LogP contribution in [0.1, 0.15) is 35.2 Å². The van der Waals surface area contributed by atoms with Crippen molar-refractivity contribution in [3.63, 3.8) is 0 Å². The maximum absolute atomic E-state index is 13.3. The summed E-state index contributed by atoms with van der Waals surface area (Å²) >= 11 is 0. The van der Waals surface area contributed by atoms with Crippen molar-refractivity contribution in [3.05, 3.63) is 94.6 Å². The summed E-state index contributed by atoms with van der Waals surface area (Å²) in [6, 6.07) is 19.0. The Labute approximate surface area is 199 Å². The highest BCUT2D eigenvalue weighted by molar-refractivity contribution is 6.51. The van der Waals surface area contributed by atoms with Gasteiger partial charge in [0.15, 0.2) is 0 Å². The number of carbonyl (C=O) groups excluding carboxylic acids is 2. The highest BCUT2D eigenvalue weighted by Crippen LogP contribution is 2.45. The monoisotopic (exact) mass is 457 g/mol. The number of rotatable bonds is 6. The van der Waals surface area contributed by atoms with Gasteiger partial charge in [0.05, 0.1) is 25.8 Å². The van der Waals surface area contributed by atoms with E-state index in [1.54, 1.807) is 37.4 Å². The van der Waals surface area contributed by atoms with Crippen LogP contribution in [0.25, 0.3) is 5.76 Å². The van der Waals surface area contributed by atoms with E-state index in [1.165, 1.54) is 12.0 Å². The van der Waals surface area contributed by atoms with Crippen LogP contribution in [-0.4, -0.2) is 31.0 Å². The van der Waals surface area contributed by atoms with Crippen molar-refractivity contribution in [2.45, 2.75) is 26.3 Å². The number of ketones is 1. The van der Waals surface area contributed by atoms with E-state index in [-0.39, 0.29) is 11.3 Å². The molecule has 1 N–H and O–H groups in total. The normalized spacial score (nSPS) is 17.2. The molecule has 6 nitrogen and oxygen atoms in total. The molecule has 0 aromatic heterocycles. The number of Topliss-reactive ketones (excluding diaryl/α,β-unsaturated/α-hetero) is 1. The minimum Gasteiger partial charge on any atom is -0.507 e. The van der Waals surface area contributed by atoms with E-state index in [0.29, 0.717) is 28.3 Å². The van der Waals surface area contributed by atoms with Crippen molar-refractivity contribution in [3.8, 4) is 11.5 Å². The molecule has 0 saturated carbocycles. The molecule has 1 unspecified atom stereocenters. The van der Waals surface area contributed by atoms with Gasteiger partial charge >= 0.3 is 0 Å². The van der Waals surface area contributed by atoms with Crippen LogP contribution >= 0.6 is 0 Å². The Morgan fingerprint density at radius 1 is 0.941 bits per heavy atom. The van der Waals surface area contributed by atoms with Crippen LogP contribution in [0.4, 0.5) is 5.69 Å². The van der Waals surface area contributed by atoms with Crippen LogP contribution < -0.4 is 14.4 Å². The van der Waals surface area contributed by atoms with Gasteiger partial charge in [0.1, 0.15) is 17.3 Å². The lowest BCUT2D eigenvalue weighted by Gasteiger charge is -2.26. The number of benzene rings is 3. The fraction of sp³-hybridized carbons (Fsp3) is 0.214. The lowest BCUT2D eigenvalue weighted by Crippen LogP contribution is -2.29. The average molecular weight is 458 g/mol. The Morgan fingerprint density at radius 2 is 1.62 bits per heavy atom. The molecule has 1 amide bonds. The Bertz CT molecular complexity index is 1280. The van der Waals surface area contributed by atoms with Crippen LogP contribution in [0.3, 0.4) is 0 Å². The minimum atomic E-state index is -0.856. The predicted molar refractivity (Wildman–Crippen MR) is 131 cm³/mol. The van der Waals surface area contributed by atoms with Gasteiger partial charge < -0.3 is 14.6 Å². The van der Waals surface area contributed by atoms with E-state index in [9.17, 15) is 14.7 Å². The first kappa shape index (κ1) is 23.1. The number of nitrogens with zero attached hydrogens (tertiary/aromatic N) is 1. The summed E-state index contributed by atoms with van der Waals surface area (Å²) in [5.74, 6) is -0.517. The molecule has 0 radical (unpaired) electrons. The second-order valence-corrected chi connectivity index (χ2v) is 8.12. The number of methoxy groups -OCH3 is 2. The standard InChI is InChI=1S/C28H27NO5/c1-5-18-10-13-20(14-11-18)29-25(21-8-6-7-9-23(21)34-4)24(27(31)28(29)32)26(30)19-12-15-22(33-3)17(2)16-19/h6-16,25,30H,5H2,1-4H3/b26-24+. The highest BCUT2D eigenvalue weighted by Gasteiger charge is 2.47. The van der Waals surface area contributed by atoms with Gasteiger partial charge in [-0.1, -0.05) is 37.3 Å². The molecule has 4 rings (SSSR count). The molecule has 1 fully saturated rings. The van der Waals surface area contributed by atoms with Crippen LogP contribution in [0.15, 0.2) is 72.3 Å². The number of anilines is 1. The minimum absolute atomic E-state index is 0.0126. The number of para-hydroxylation sites is 1. The fourth-order valence-corrected chi connectivity index (χ4v) is 4.36. The molecule has 1 heterocycles. The highest BCUT2D eigenvalue weighted by atomic mass is 16.5. The second kappa shape index (κ2) is 9.43. The third-order valence-corrected chi connectivity index (χ3v) is 6.17. The number of aliphatic hydroxyl groups is 1. The summed E-state index contributed by atoms with van der Waals surface area (Å²) < 4.78 is 10.9. The third kappa shape index (κ3) is 3.92. The summed E-state index contributed by atoms with van der Waals surface area (Å²) in [4.78, 5) is 28.1. The number of aryl methyl sites for hydroxylation is 2. The SMILES string of the molecule is CCc1ccc(N2C(=O)C(=O)/C(=C(/O)c3ccc(OC)c(C)c3)C2c2ccccc2OC)cc1. The average Bonchev–Trinajstić information content (AvgIpc) is 3.13. The van der Waals surface area contributed by atoms with Crippen molar-refractivity contribution < 1.29 is 24.2 Å². The number of carbonyl (C=O) groups is 2. The van der Waals surface area contributed by atoms with E-state index in [1.807, 2.05) is 50.2 Å². The molecule has 0 bridgehead atoms. The Morgan fingerprint density at radius 3 is 2.24 bits per heavy atom. The van der Waals surface area contributed by atoms with E-state index in [0.717, 1.165) is 17.5 Å². The summed E-state index contributed by atoms with van der Waals surface area (Å²) in [5.41, 5.74) is 3.53. The van der Waals surface area contributed by atoms with E-state index >= 15 is 0 Å². The first-order valence-electron chi connectivity index (χ1n) is 11.1. The third-order valence-electron chi connectivity index (χ3n) is 6.17. The summed E-state index contributed by atoms with van der Waals surface area (Å²) in [6.07, 6.45) is 0.853. The molecule has 1 aliphatic heterocycles. The molecule has 3 aromatic rings. The van der Waals surface area contributed by atoms with Crippen LogP contribution in [0.5, 0.6) is 11.5 Å². The van der Waals surface area contributed by atoms with Gasteiger partial charge in [0.25, 0.3) is 11.7 Å². The van der Waals surface area contributed by atoms with Crippen molar-refractivity contribution in [1.29, 1.82) is 0 Å². The van der Waals surface area contributed by atoms with Crippen LogP contribution in [0.2, 0.25) is 0 Å². The zero-order chi connectivity index (χ0) is 24.4. The summed E-state index contributed by atoms with van der Waals surface area (Å²) in [5, 5.41) is 11.3. The molecule has 0 spiro atoms. The maximum atomic E-state index is 13.3. The lowest BCUT2D eigenvalue weighted by molar-refractivity contribution is -0.132. The van der Waals surface area contributed by atoms with E-state index in [2.05, 4.69) is 0 Å². The van der Waals surface area contributed by atoms with E-state index < -0.39 is 17.7 Å². The van der Waals surface area contributed by atoms with Crippen molar-refractivity contribution in [2.24, 2.45) is 0 Å². The number of ether oxygens (including phenoxy) is 2. The Kier molecular flexibility index (Phi) is 6.41. The number of hydrogen-bond acceptors (Lipinski definition) is 5. The quantitative estimate of drug-likeness (QED) is 0.313. The molecule has 1 saturated heterocycles. The number of aliphatic hydroxyl groups excluding tert-OH is 1. The first-order valence-corrected chi connectivity index (χ1v) is 11.1. The Hall–Kier alpha value is -4.06. The molecule has 174 valence electrons. The maximum Gasteiger partial charge on any atom is 0.300 e. The fourth-order valence-electron chi connectivity index (χ4n) is 4.36. The molecule has 3 aromatic carbocycles. The number of amides is 1. The molecule has 0 aliphatic carbocycles. The smallest absolute Gasteiger partial charge is 0.300 e. The van der Waals surface area contributed by atoms with Gasteiger partial charge in [0.2, 0.25) is 0 Å². The van der Waals surface area contributed by atoms with Gasteiger partial charge in [-0.3, -0.25) is 14.5 Å². The van der Waals surface area contributed by atoms with Gasteiger partial charge in [-0.25, -0.2) is 0 Å². The van der Waals surface area contributed by atoms with Crippen molar-refractivity contribution in [1.82, 2.24) is 0 Å². The molecule has 34 heavy (non-hydrogen) atoms. The van der Waals surface area contributed by atoms with Gasteiger partial charge in [0, 0.05) is 16.8 Å².